The molecule has 12 atom stereocenters. The van der Waals surface area contributed by atoms with E-state index in [1.54, 1.807) is 0 Å². The van der Waals surface area contributed by atoms with E-state index < -0.39 is 86.8 Å². The van der Waals surface area contributed by atoms with Gasteiger partial charge in [-0.3, -0.25) is 4.79 Å². The van der Waals surface area contributed by atoms with Crippen molar-refractivity contribution in [2.24, 2.45) is 0 Å². The van der Waals surface area contributed by atoms with E-state index in [9.17, 15) is 45.6 Å². The molecule has 14 heteroatoms. The monoisotopic (exact) mass is 962 g/mol. The molecule has 2 fully saturated rings. The lowest BCUT2D eigenvalue weighted by Gasteiger charge is -2.46. The summed E-state index contributed by atoms with van der Waals surface area (Å²) in [7, 11) is 0. The molecule has 0 spiro atoms. The van der Waals surface area contributed by atoms with Crippen LogP contribution in [0.5, 0.6) is 0 Å². The summed E-state index contributed by atoms with van der Waals surface area (Å²) in [5.41, 5.74) is 0. The molecular weight excluding hydrogens is 859 g/mol. The first-order chi connectivity index (χ1) is 32.6. The summed E-state index contributed by atoms with van der Waals surface area (Å²) in [6, 6.07) is -0.820. The molecule has 14 nitrogen and oxygen atoms in total. The number of nitrogens with one attached hydrogen (secondary N) is 1. The zero-order valence-electron chi connectivity index (χ0n) is 42.4. The maximum atomic E-state index is 13.2. The zero-order chi connectivity index (χ0) is 48.9. The Labute approximate surface area is 406 Å². The first-order valence-corrected chi connectivity index (χ1v) is 27.8. The van der Waals surface area contributed by atoms with Crippen molar-refractivity contribution in [3.63, 3.8) is 0 Å². The van der Waals surface area contributed by atoms with Crippen molar-refractivity contribution in [1.82, 2.24) is 5.32 Å². The molecule has 2 aliphatic rings. The molecule has 0 aromatic carbocycles. The van der Waals surface area contributed by atoms with Gasteiger partial charge in [0.15, 0.2) is 12.6 Å². The normalized spacial score (nSPS) is 26.5. The Morgan fingerprint density at radius 3 is 1.27 bits per heavy atom. The van der Waals surface area contributed by atoms with Gasteiger partial charge in [0.2, 0.25) is 5.91 Å². The van der Waals surface area contributed by atoms with Crippen LogP contribution in [0.3, 0.4) is 0 Å². The smallest absolute Gasteiger partial charge is 0.220 e. The third kappa shape index (κ3) is 27.4. The number of ether oxygens (including phenoxy) is 4. The minimum absolute atomic E-state index is 0.203. The number of hydrogen-bond donors (Lipinski definition) is 9. The quantitative estimate of drug-likeness (QED) is 0.0263. The number of carbonyl (C=O) groups excluding carboxylic acids is 1. The van der Waals surface area contributed by atoms with Gasteiger partial charge in [-0.2, -0.15) is 0 Å². The second kappa shape index (κ2) is 40.6. The maximum absolute atomic E-state index is 13.2. The van der Waals surface area contributed by atoms with Crippen LogP contribution in [0.2, 0.25) is 0 Å². The van der Waals surface area contributed by atoms with Crippen molar-refractivity contribution < 1.29 is 64.6 Å². The van der Waals surface area contributed by atoms with Gasteiger partial charge in [0, 0.05) is 6.42 Å². The standard InChI is InChI=1S/C53H103NO13/c1-3-5-7-9-11-13-15-16-17-18-19-20-21-22-23-24-25-26-27-29-31-33-35-37-45(58)54-41(42(57)36-34-32-30-28-14-12-10-8-6-4-2)40-64-52-50(63)48(61)51(44(39-56)66-52)67-53-49(62)47(60)46(59)43(38-55)65-53/h41-44,46-53,55-57,59-63H,3-40H2,1-2H3,(H,54,58)/t41-,42+,43+,44+,46-,47?,48?,49?,50?,51+,52+,53-/m0/s1. The molecule has 0 bridgehead atoms. The van der Waals surface area contributed by atoms with E-state index in [1.165, 1.54) is 161 Å². The molecule has 0 radical (unpaired) electrons. The van der Waals surface area contributed by atoms with Crippen LogP contribution in [0, 0.1) is 0 Å². The molecule has 1 amide bonds. The molecule has 9 N–H and O–H groups in total. The Balaban J connectivity index is 1.71. The minimum atomic E-state index is -1.78. The second-order valence-corrected chi connectivity index (χ2v) is 20.1. The first-order valence-electron chi connectivity index (χ1n) is 27.8. The molecule has 2 rings (SSSR count). The molecule has 0 saturated carbocycles. The summed E-state index contributed by atoms with van der Waals surface area (Å²) in [6.07, 6.45) is 25.5. The van der Waals surface area contributed by atoms with Crippen molar-refractivity contribution in [1.29, 1.82) is 0 Å². The minimum Gasteiger partial charge on any atom is -0.394 e. The SMILES string of the molecule is CCCCCCCCCCCCCCCCCCCCCCCCCC(=O)N[C@@H](CO[C@@H]1O[C@H](CO)[C@@H](O[C@@H]2O[C@H](CO)[C@H](O)C(O)C2O)C(O)C1O)[C@H](O)CCCCCCCCCCCC. The zero-order valence-corrected chi connectivity index (χ0v) is 42.4. The lowest BCUT2D eigenvalue weighted by molar-refractivity contribution is -0.359. The predicted octanol–water partition coefficient (Wildman–Crippen LogP) is 8.17. The van der Waals surface area contributed by atoms with Crippen LogP contribution in [0.25, 0.3) is 0 Å². The van der Waals surface area contributed by atoms with Gasteiger partial charge in [-0.25, -0.2) is 0 Å². The Hall–Kier alpha value is -1.01. The van der Waals surface area contributed by atoms with Crippen LogP contribution >= 0.6 is 0 Å². The number of hydrogen-bond acceptors (Lipinski definition) is 13. The lowest BCUT2D eigenvalue weighted by atomic mass is 9.97. The third-order valence-corrected chi connectivity index (χ3v) is 14.1. The van der Waals surface area contributed by atoms with Gasteiger partial charge in [0.25, 0.3) is 0 Å². The van der Waals surface area contributed by atoms with Crippen LogP contribution in [0.1, 0.15) is 239 Å². The van der Waals surface area contributed by atoms with Gasteiger partial charge in [0.05, 0.1) is 32.0 Å². The van der Waals surface area contributed by atoms with Crippen molar-refractivity contribution in [3.8, 4) is 0 Å². The van der Waals surface area contributed by atoms with Crippen molar-refractivity contribution in [2.45, 2.75) is 312 Å². The highest BCUT2D eigenvalue weighted by atomic mass is 16.7. The van der Waals surface area contributed by atoms with E-state index in [4.69, 9.17) is 18.9 Å². The number of aliphatic hydroxyl groups excluding tert-OH is 8. The fourth-order valence-corrected chi connectivity index (χ4v) is 9.53. The highest BCUT2D eigenvalue weighted by molar-refractivity contribution is 5.76. The molecule has 2 saturated heterocycles. The number of unbranched alkanes of at least 4 members (excludes halogenated alkanes) is 31. The predicted molar refractivity (Wildman–Crippen MR) is 263 cm³/mol. The van der Waals surface area contributed by atoms with Gasteiger partial charge in [-0.15, -0.1) is 0 Å². The summed E-state index contributed by atoms with van der Waals surface area (Å²) in [5.74, 6) is -0.203. The molecule has 0 aromatic rings. The molecule has 2 aliphatic heterocycles. The molecular formula is C53H103NO13. The highest BCUT2D eigenvalue weighted by Gasteiger charge is 2.51. The third-order valence-electron chi connectivity index (χ3n) is 14.1. The largest absolute Gasteiger partial charge is 0.394 e. The summed E-state index contributed by atoms with van der Waals surface area (Å²) >= 11 is 0. The Morgan fingerprint density at radius 2 is 0.851 bits per heavy atom. The molecule has 0 aromatic heterocycles. The maximum Gasteiger partial charge on any atom is 0.220 e. The lowest BCUT2D eigenvalue weighted by Crippen LogP contribution is -2.65. The van der Waals surface area contributed by atoms with E-state index in [2.05, 4.69) is 19.2 Å². The van der Waals surface area contributed by atoms with Crippen molar-refractivity contribution in [2.75, 3.05) is 19.8 Å². The first kappa shape index (κ1) is 62.1. The van der Waals surface area contributed by atoms with E-state index >= 15 is 0 Å². The Morgan fingerprint density at radius 1 is 0.478 bits per heavy atom. The molecule has 4 unspecified atom stereocenters. The number of carbonyl (C=O) groups is 1. The molecule has 67 heavy (non-hydrogen) atoms. The van der Waals surface area contributed by atoms with Crippen molar-refractivity contribution >= 4 is 5.91 Å². The van der Waals surface area contributed by atoms with Gasteiger partial charge in [-0.05, 0) is 12.8 Å². The fraction of sp³-hybridized carbons (Fsp3) is 0.981. The second-order valence-electron chi connectivity index (χ2n) is 20.1. The summed E-state index contributed by atoms with van der Waals surface area (Å²) in [6.45, 7) is 2.86. The summed E-state index contributed by atoms with van der Waals surface area (Å²) in [4.78, 5) is 13.2. The van der Waals surface area contributed by atoms with Crippen molar-refractivity contribution in [3.05, 3.63) is 0 Å². The topological polar surface area (TPSA) is 228 Å². The number of rotatable bonds is 44. The van der Waals surface area contributed by atoms with E-state index in [1.807, 2.05) is 0 Å². The molecule has 0 aliphatic carbocycles. The van der Waals surface area contributed by atoms with E-state index in [0.29, 0.717) is 12.8 Å². The van der Waals surface area contributed by atoms with Gasteiger partial charge in [-0.1, -0.05) is 219 Å². The van der Waals surface area contributed by atoms with E-state index in [-0.39, 0.29) is 12.5 Å². The van der Waals surface area contributed by atoms with Gasteiger partial charge < -0.3 is 65.1 Å². The Bertz CT molecular complexity index is 1140. The van der Waals surface area contributed by atoms with Gasteiger partial charge in [0.1, 0.15) is 48.8 Å². The fourth-order valence-electron chi connectivity index (χ4n) is 9.53. The summed E-state index contributed by atoms with van der Waals surface area (Å²) < 4.78 is 22.8. The van der Waals surface area contributed by atoms with Crippen LogP contribution in [0.15, 0.2) is 0 Å². The van der Waals surface area contributed by atoms with Crippen LogP contribution in [0.4, 0.5) is 0 Å². The average molecular weight is 962 g/mol. The van der Waals surface area contributed by atoms with Gasteiger partial charge >= 0.3 is 0 Å². The summed E-state index contributed by atoms with van der Waals surface area (Å²) in [5, 5.41) is 86.9. The van der Waals surface area contributed by atoms with Crippen LogP contribution in [-0.2, 0) is 23.7 Å². The van der Waals surface area contributed by atoms with Crippen LogP contribution in [-0.4, -0.2) is 140 Å². The molecule has 2 heterocycles. The number of amides is 1. The average Bonchev–Trinajstić information content (AvgIpc) is 3.32. The highest BCUT2D eigenvalue weighted by Crippen LogP contribution is 2.30. The molecule has 398 valence electrons. The number of aliphatic hydroxyl groups is 8. The Kier molecular flexibility index (Phi) is 37.6. The van der Waals surface area contributed by atoms with E-state index in [0.717, 1.165) is 51.4 Å². The van der Waals surface area contributed by atoms with Crippen LogP contribution < -0.4 is 5.32 Å².